The van der Waals surface area contributed by atoms with Gasteiger partial charge in [-0.2, -0.15) is 13.2 Å². The second kappa shape index (κ2) is 9.24. The standard InChI is InChI=1S/C21H25F3N2O/c22-21(23,24)19-7-3-18(4-8-19)16-27-20-9-5-17(6-10-20)15-25-11-14-26-12-1-2-13-26/h3-10,25H,1-2,11-16H2. The van der Waals surface area contributed by atoms with Crippen molar-refractivity contribution >= 4 is 0 Å². The minimum atomic E-state index is -4.31. The average molecular weight is 378 g/mol. The zero-order valence-electron chi connectivity index (χ0n) is 15.3. The van der Waals surface area contributed by atoms with Gasteiger partial charge in [0.05, 0.1) is 5.56 Å². The molecule has 2 aromatic rings. The van der Waals surface area contributed by atoms with Crippen LogP contribution in [0.25, 0.3) is 0 Å². The highest BCUT2D eigenvalue weighted by Gasteiger charge is 2.29. The van der Waals surface area contributed by atoms with Crippen molar-refractivity contribution in [3.05, 3.63) is 65.2 Å². The van der Waals surface area contributed by atoms with Crippen LogP contribution >= 0.6 is 0 Å². The van der Waals surface area contributed by atoms with E-state index in [2.05, 4.69) is 10.2 Å². The molecule has 27 heavy (non-hydrogen) atoms. The number of alkyl halides is 3. The Kier molecular flexibility index (Phi) is 6.74. The molecule has 6 heteroatoms. The lowest BCUT2D eigenvalue weighted by atomic mass is 10.1. The fourth-order valence-corrected chi connectivity index (χ4v) is 3.14. The molecule has 0 amide bonds. The largest absolute Gasteiger partial charge is 0.489 e. The van der Waals surface area contributed by atoms with Crippen molar-refractivity contribution < 1.29 is 17.9 Å². The third-order valence-electron chi connectivity index (χ3n) is 4.74. The molecule has 1 saturated heterocycles. The Morgan fingerprint density at radius 3 is 2.15 bits per heavy atom. The van der Waals surface area contributed by atoms with E-state index in [-0.39, 0.29) is 6.61 Å². The summed E-state index contributed by atoms with van der Waals surface area (Å²) in [5.74, 6) is 0.704. The molecule has 1 aliphatic heterocycles. The molecule has 0 aromatic heterocycles. The SMILES string of the molecule is FC(F)(F)c1ccc(COc2ccc(CNCCN3CCCC3)cc2)cc1. The molecule has 146 valence electrons. The Hall–Kier alpha value is -2.05. The van der Waals surface area contributed by atoms with E-state index in [0.717, 1.165) is 31.8 Å². The highest BCUT2D eigenvalue weighted by atomic mass is 19.4. The monoisotopic (exact) mass is 378 g/mol. The minimum absolute atomic E-state index is 0.242. The van der Waals surface area contributed by atoms with Gasteiger partial charge in [-0.15, -0.1) is 0 Å². The molecule has 3 rings (SSSR count). The molecule has 1 fully saturated rings. The van der Waals surface area contributed by atoms with Gasteiger partial charge in [-0.1, -0.05) is 24.3 Å². The Morgan fingerprint density at radius 2 is 1.52 bits per heavy atom. The van der Waals surface area contributed by atoms with Gasteiger partial charge in [0, 0.05) is 19.6 Å². The van der Waals surface area contributed by atoms with Gasteiger partial charge in [0.15, 0.2) is 0 Å². The predicted molar refractivity (Wildman–Crippen MR) is 99.6 cm³/mol. The van der Waals surface area contributed by atoms with E-state index in [0.29, 0.717) is 11.3 Å². The number of benzene rings is 2. The van der Waals surface area contributed by atoms with Crippen molar-refractivity contribution in [2.24, 2.45) is 0 Å². The summed E-state index contributed by atoms with van der Waals surface area (Å²) in [5.41, 5.74) is 1.24. The fraction of sp³-hybridized carbons (Fsp3) is 0.429. The topological polar surface area (TPSA) is 24.5 Å². The van der Waals surface area contributed by atoms with Crippen molar-refractivity contribution in [1.82, 2.24) is 10.2 Å². The number of ether oxygens (including phenoxy) is 1. The summed E-state index contributed by atoms with van der Waals surface area (Å²) < 4.78 is 43.3. The lowest BCUT2D eigenvalue weighted by molar-refractivity contribution is -0.137. The van der Waals surface area contributed by atoms with E-state index in [4.69, 9.17) is 4.74 Å². The molecule has 2 aromatic carbocycles. The maximum Gasteiger partial charge on any atom is 0.416 e. The number of nitrogens with zero attached hydrogens (tertiary/aromatic N) is 1. The highest BCUT2D eigenvalue weighted by molar-refractivity contribution is 5.28. The van der Waals surface area contributed by atoms with Crippen LogP contribution in [0, 0.1) is 0 Å². The van der Waals surface area contributed by atoms with Gasteiger partial charge in [0.1, 0.15) is 12.4 Å². The van der Waals surface area contributed by atoms with Crippen LogP contribution in [0.2, 0.25) is 0 Å². The van der Waals surface area contributed by atoms with E-state index in [1.807, 2.05) is 24.3 Å². The second-order valence-corrected chi connectivity index (χ2v) is 6.85. The van der Waals surface area contributed by atoms with Gasteiger partial charge >= 0.3 is 6.18 Å². The molecule has 1 aliphatic rings. The van der Waals surface area contributed by atoms with Crippen LogP contribution in [-0.4, -0.2) is 31.1 Å². The molecule has 0 radical (unpaired) electrons. The smallest absolute Gasteiger partial charge is 0.416 e. The third-order valence-corrected chi connectivity index (χ3v) is 4.74. The number of rotatable bonds is 8. The summed E-state index contributed by atoms with van der Waals surface area (Å²) >= 11 is 0. The summed E-state index contributed by atoms with van der Waals surface area (Å²) in [4.78, 5) is 2.48. The highest BCUT2D eigenvalue weighted by Crippen LogP contribution is 2.29. The Balaban J connectivity index is 1.39. The van der Waals surface area contributed by atoms with E-state index in [9.17, 15) is 13.2 Å². The van der Waals surface area contributed by atoms with Gasteiger partial charge in [0.25, 0.3) is 0 Å². The van der Waals surface area contributed by atoms with Crippen LogP contribution < -0.4 is 10.1 Å². The Bertz CT molecular complexity index is 693. The molecule has 0 aliphatic carbocycles. The maximum absolute atomic E-state index is 12.6. The average Bonchev–Trinajstić information content (AvgIpc) is 3.18. The van der Waals surface area contributed by atoms with E-state index < -0.39 is 11.7 Å². The Labute approximate surface area is 158 Å². The first-order valence-corrected chi connectivity index (χ1v) is 9.32. The van der Waals surface area contributed by atoms with Gasteiger partial charge in [-0.25, -0.2) is 0 Å². The summed E-state index contributed by atoms with van der Waals surface area (Å²) in [5, 5.41) is 3.45. The quantitative estimate of drug-likeness (QED) is 0.686. The number of hydrogen-bond donors (Lipinski definition) is 1. The minimum Gasteiger partial charge on any atom is -0.489 e. The van der Waals surface area contributed by atoms with Crippen LogP contribution in [0.3, 0.4) is 0 Å². The van der Waals surface area contributed by atoms with Crippen LogP contribution in [0.5, 0.6) is 5.75 Å². The molecular weight excluding hydrogens is 353 g/mol. The molecule has 1 heterocycles. The van der Waals surface area contributed by atoms with E-state index in [1.54, 1.807) is 0 Å². The first-order chi connectivity index (χ1) is 13.0. The van der Waals surface area contributed by atoms with Crippen LogP contribution in [-0.2, 0) is 19.3 Å². The van der Waals surface area contributed by atoms with Crippen molar-refractivity contribution in [3.8, 4) is 5.75 Å². The van der Waals surface area contributed by atoms with Crippen molar-refractivity contribution in [1.29, 1.82) is 0 Å². The lowest BCUT2D eigenvalue weighted by Crippen LogP contribution is -2.29. The molecule has 0 unspecified atom stereocenters. The van der Waals surface area contributed by atoms with Crippen molar-refractivity contribution in [2.75, 3.05) is 26.2 Å². The molecule has 0 saturated carbocycles. The second-order valence-electron chi connectivity index (χ2n) is 6.85. The number of hydrogen-bond acceptors (Lipinski definition) is 3. The zero-order valence-corrected chi connectivity index (χ0v) is 15.3. The van der Waals surface area contributed by atoms with Gasteiger partial charge in [-0.3, -0.25) is 0 Å². The number of halogens is 3. The predicted octanol–water partition coefficient (Wildman–Crippen LogP) is 4.47. The summed E-state index contributed by atoms with van der Waals surface area (Å²) in [6.45, 7) is 5.55. The molecule has 0 spiro atoms. The van der Waals surface area contributed by atoms with Crippen molar-refractivity contribution in [3.63, 3.8) is 0 Å². The van der Waals surface area contributed by atoms with Crippen molar-refractivity contribution in [2.45, 2.75) is 32.2 Å². The summed E-state index contributed by atoms with van der Waals surface area (Å²) in [7, 11) is 0. The zero-order chi connectivity index (χ0) is 19.1. The Morgan fingerprint density at radius 1 is 0.889 bits per heavy atom. The number of likely N-dealkylation sites (tertiary alicyclic amines) is 1. The van der Waals surface area contributed by atoms with Crippen LogP contribution in [0.15, 0.2) is 48.5 Å². The van der Waals surface area contributed by atoms with Crippen LogP contribution in [0.1, 0.15) is 29.5 Å². The molecule has 0 atom stereocenters. The van der Waals surface area contributed by atoms with Gasteiger partial charge in [-0.05, 0) is 61.3 Å². The first-order valence-electron chi connectivity index (χ1n) is 9.32. The summed E-state index contributed by atoms with van der Waals surface area (Å²) in [6.07, 6.45) is -1.68. The normalized spacial score (nSPS) is 15.2. The van der Waals surface area contributed by atoms with E-state index in [1.165, 1.54) is 43.6 Å². The van der Waals surface area contributed by atoms with E-state index >= 15 is 0 Å². The molecule has 1 N–H and O–H groups in total. The first kappa shape index (κ1) is 19.7. The lowest BCUT2D eigenvalue weighted by Gasteiger charge is -2.14. The molecule has 0 bridgehead atoms. The van der Waals surface area contributed by atoms with Crippen LogP contribution in [0.4, 0.5) is 13.2 Å². The maximum atomic E-state index is 12.6. The van der Waals surface area contributed by atoms with Gasteiger partial charge in [0.2, 0.25) is 0 Å². The fourth-order valence-electron chi connectivity index (χ4n) is 3.14. The van der Waals surface area contributed by atoms with Gasteiger partial charge < -0.3 is 15.0 Å². The third kappa shape index (κ3) is 6.26. The summed E-state index contributed by atoms with van der Waals surface area (Å²) in [6, 6.07) is 12.8. The molecular formula is C21H25F3N2O. The number of nitrogens with one attached hydrogen (secondary N) is 1. The molecule has 3 nitrogen and oxygen atoms in total.